The van der Waals surface area contributed by atoms with Crippen molar-refractivity contribution >= 4 is 33.2 Å². The van der Waals surface area contributed by atoms with E-state index in [-0.39, 0.29) is 24.8 Å². The van der Waals surface area contributed by atoms with Crippen molar-refractivity contribution in [2.45, 2.75) is 32.6 Å². The molecule has 1 amide bonds. The van der Waals surface area contributed by atoms with Crippen LogP contribution in [-0.2, 0) is 14.8 Å². The van der Waals surface area contributed by atoms with Crippen LogP contribution in [0.1, 0.15) is 36.8 Å². The predicted molar refractivity (Wildman–Crippen MR) is 115 cm³/mol. The van der Waals surface area contributed by atoms with Crippen LogP contribution in [0.25, 0.3) is 0 Å². The molecule has 0 radical (unpaired) electrons. The molecule has 0 saturated heterocycles. The highest BCUT2D eigenvalue weighted by Crippen LogP contribution is 2.26. The summed E-state index contributed by atoms with van der Waals surface area (Å²) in [6.45, 7) is 4.67. The van der Waals surface area contributed by atoms with Crippen molar-refractivity contribution in [1.29, 1.82) is 0 Å². The van der Waals surface area contributed by atoms with Crippen molar-refractivity contribution in [2.75, 3.05) is 23.7 Å². The van der Waals surface area contributed by atoms with E-state index in [9.17, 15) is 13.2 Å². The molecule has 7 heteroatoms. The fraction of sp³-hybridized carbons (Fsp3) is 0.381. The minimum absolute atomic E-state index is 0.0796. The maximum Gasteiger partial charge on any atom is 0.232 e. The molecule has 0 aliphatic carbocycles. The van der Waals surface area contributed by atoms with Crippen molar-refractivity contribution in [3.05, 3.63) is 64.7 Å². The molecule has 0 heterocycles. The highest BCUT2D eigenvalue weighted by Gasteiger charge is 2.19. The molecule has 0 aliphatic rings. The Labute approximate surface area is 172 Å². The lowest BCUT2D eigenvalue weighted by Crippen LogP contribution is -2.33. The number of aryl methyl sites for hydroxylation is 1. The van der Waals surface area contributed by atoms with Gasteiger partial charge in [-0.1, -0.05) is 48.9 Å². The van der Waals surface area contributed by atoms with Crippen molar-refractivity contribution in [3.8, 4) is 0 Å². The SMILES string of the molecule is Cc1cc(Cl)ccc1N(CCCC(=O)NCC(C)c1ccccc1)S(C)(=O)=O. The van der Waals surface area contributed by atoms with Gasteiger partial charge in [0.25, 0.3) is 0 Å². The number of benzene rings is 2. The van der Waals surface area contributed by atoms with Crippen LogP contribution in [0.4, 0.5) is 5.69 Å². The van der Waals surface area contributed by atoms with Gasteiger partial charge in [0.2, 0.25) is 15.9 Å². The Bertz CT molecular complexity index is 901. The van der Waals surface area contributed by atoms with Crippen molar-refractivity contribution in [1.82, 2.24) is 5.32 Å². The number of hydrogen-bond acceptors (Lipinski definition) is 3. The Balaban J connectivity index is 1.89. The third kappa shape index (κ3) is 6.53. The molecule has 0 bridgehead atoms. The maximum absolute atomic E-state index is 12.2. The number of halogens is 1. The van der Waals surface area contributed by atoms with E-state index >= 15 is 0 Å². The first-order valence-electron chi connectivity index (χ1n) is 9.24. The molecule has 2 aromatic rings. The van der Waals surface area contributed by atoms with E-state index in [0.717, 1.165) is 5.56 Å². The summed E-state index contributed by atoms with van der Waals surface area (Å²) in [7, 11) is -3.45. The number of anilines is 1. The number of nitrogens with one attached hydrogen (secondary N) is 1. The normalized spacial score (nSPS) is 12.4. The van der Waals surface area contributed by atoms with Gasteiger partial charge < -0.3 is 5.32 Å². The zero-order chi connectivity index (χ0) is 20.7. The number of nitrogens with zero attached hydrogens (tertiary/aromatic N) is 1. The minimum Gasteiger partial charge on any atom is -0.356 e. The van der Waals surface area contributed by atoms with E-state index in [1.165, 1.54) is 16.1 Å². The fourth-order valence-electron chi connectivity index (χ4n) is 3.00. The number of hydrogen-bond donors (Lipinski definition) is 1. The van der Waals surface area contributed by atoms with Gasteiger partial charge in [0, 0.05) is 24.5 Å². The Morgan fingerprint density at radius 3 is 2.46 bits per heavy atom. The monoisotopic (exact) mass is 422 g/mol. The largest absolute Gasteiger partial charge is 0.356 e. The topological polar surface area (TPSA) is 66.5 Å². The first-order valence-corrected chi connectivity index (χ1v) is 11.5. The molecular weight excluding hydrogens is 396 g/mol. The smallest absolute Gasteiger partial charge is 0.232 e. The molecule has 2 rings (SSSR count). The quantitative estimate of drug-likeness (QED) is 0.661. The van der Waals surface area contributed by atoms with E-state index < -0.39 is 10.0 Å². The molecular formula is C21H27ClN2O3S. The van der Waals surface area contributed by atoms with Crippen LogP contribution in [0.2, 0.25) is 5.02 Å². The van der Waals surface area contributed by atoms with Gasteiger partial charge >= 0.3 is 0 Å². The van der Waals surface area contributed by atoms with Crippen LogP contribution in [-0.4, -0.2) is 33.7 Å². The predicted octanol–water partition coefficient (Wildman–Crippen LogP) is 4.11. The number of amides is 1. The molecule has 0 fully saturated rings. The lowest BCUT2D eigenvalue weighted by atomic mass is 10.0. The second-order valence-corrected chi connectivity index (χ2v) is 9.33. The summed E-state index contributed by atoms with van der Waals surface area (Å²) in [4.78, 5) is 12.2. The molecule has 1 unspecified atom stereocenters. The van der Waals surface area contributed by atoms with Gasteiger partial charge in [-0.25, -0.2) is 8.42 Å². The summed E-state index contributed by atoms with van der Waals surface area (Å²) in [5.74, 6) is 0.137. The lowest BCUT2D eigenvalue weighted by Gasteiger charge is -2.24. The third-order valence-corrected chi connectivity index (χ3v) is 5.98. The van der Waals surface area contributed by atoms with Crippen LogP contribution in [0.5, 0.6) is 0 Å². The number of rotatable bonds is 9. The molecule has 0 aromatic heterocycles. The highest BCUT2D eigenvalue weighted by atomic mass is 35.5. The summed E-state index contributed by atoms with van der Waals surface area (Å²) in [6, 6.07) is 15.1. The van der Waals surface area contributed by atoms with Crippen molar-refractivity contribution < 1.29 is 13.2 Å². The summed E-state index contributed by atoms with van der Waals surface area (Å²) < 4.78 is 25.7. The van der Waals surface area contributed by atoms with Gasteiger partial charge in [-0.3, -0.25) is 9.10 Å². The maximum atomic E-state index is 12.2. The van der Waals surface area contributed by atoms with E-state index in [0.29, 0.717) is 23.7 Å². The second-order valence-electron chi connectivity index (χ2n) is 6.99. The van der Waals surface area contributed by atoms with Gasteiger partial charge in [0.1, 0.15) is 0 Å². The first kappa shape index (κ1) is 22.2. The molecule has 1 N–H and O–H groups in total. The highest BCUT2D eigenvalue weighted by molar-refractivity contribution is 7.92. The lowest BCUT2D eigenvalue weighted by molar-refractivity contribution is -0.121. The van der Waals surface area contributed by atoms with Gasteiger partial charge in [0.05, 0.1) is 11.9 Å². The van der Waals surface area contributed by atoms with Crippen LogP contribution in [0.15, 0.2) is 48.5 Å². The summed E-state index contributed by atoms with van der Waals surface area (Å²) in [6.07, 6.45) is 1.86. The molecule has 0 saturated carbocycles. The molecule has 2 aromatic carbocycles. The Morgan fingerprint density at radius 2 is 1.86 bits per heavy atom. The van der Waals surface area contributed by atoms with Gasteiger partial charge in [-0.15, -0.1) is 0 Å². The Kier molecular flexibility index (Phi) is 7.89. The molecule has 152 valence electrons. The van der Waals surface area contributed by atoms with Gasteiger partial charge in [-0.2, -0.15) is 0 Å². The van der Waals surface area contributed by atoms with Crippen LogP contribution in [0, 0.1) is 6.92 Å². The number of sulfonamides is 1. The fourth-order valence-corrected chi connectivity index (χ4v) is 4.25. The van der Waals surface area contributed by atoms with Crippen LogP contribution < -0.4 is 9.62 Å². The van der Waals surface area contributed by atoms with Gasteiger partial charge in [-0.05, 0) is 48.6 Å². The second kappa shape index (κ2) is 9.94. The van der Waals surface area contributed by atoms with E-state index in [4.69, 9.17) is 11.6 Å². The standard InChI is InChI=1S/C21H27ClN2O3S/c1-16-14-19(22)11-12-20(16)24(28(3,26)27)13-7-10-21(25)23-15-17(2)18-8-5-4-6-9-18/h4-6,8-9,11-12,14,17H,7,10,13,15H2,1-3H3,(H,23,25). The molecule has 5 nitrogen and oxygen atoms in total. The van der Waals surface area contributed by atoms with Crippen molar-refractivity contribution in [2.24, 2.45) is 0 Å². The van der Waals surface area contributed by atoms with Crippen molar-refractivity contribution in [3.63, 3.8) is 0 Å². The summed E-state index contributed by atoms with van der Waals surface area (Å²) >= 11 is 5.97. The molecule has 0 aliphatic heterocycles. The number of carbonyl (C=O) groups excluding carboxylic acids is 1. The average Bonchev–Trinajstić information content (AvgIpc) is 2.64. The zero-order valence-corrected chi connectivity index (χ0v) is 18.1. The zero-order valence-electron chi connectivity index (χ0n) is 16.5. The summed E-state index contributed by atoms with van der Waals surface area (Å²) in [5.41, 5.74) is 2.54. The van der Waals surface area contributed by atoms with Crippen LogP contribution >= 0.6 is 11.6 Å². The third-order valence-electron chi connectivity index (χ3n) is 4.57. The summed E-state index contributed by atoms with van der Waals surface area (Å²) in [5, 5.41) is 3.48. The molecule has 0 spiro atoms. The average molecular weight is 423 g/mol. The van der Waals surface area contributed by atoms with Crippen LogP contribution in [0.3, 0.4) is 0 Å². The molecule has 1 atom stereocenters. The van der Waals surface area contributed by atoms with E-state index in [2.05, 4.69) is 12.2 Å². The number of carbonyl (C=O) groups is 1. The van der Waals surface area contributed by atoms with Gasteiger partial charge in [0.15, 0.2) is 0 Å². The first-order chi connectivity index (χ1) is 13.2. The van der Waals surface area contributed by atoms with E-state index in [1.54, 1.807) is 18.2 Å². The molecule has 28 heavy (non-hydrogen) atoms. The minimum atomic E-state index is -3.45. The van der Waals surface area contributed by atoms with E-state index in [1.807, 2.05) is 37.3 Å². The Hall–Kier alpha value is -2.05. The Morgan fingerprint density at radius 1 is 1.18 bits per heavy atom.